The molecule has 0 bridgehead atoms. The molecule has 0 aliphatic heterocycles. The molecule has 0 amide bonds. The minimum absolute atomic E-state index is 0.108. The molecule has 0 aromatic carbocycles. The number of aromatic nitrogens is 2. The number of nitrogen functional groups attached to an aromatic ring is 1. The molecule has 0 radical (unpaired) electrons. The second-order valence-corrected chi connectivity index (χ2v) is 5.70. The molecule has 2 aromatic rings. The van der Waals surface area contributed by atoms with Gasteiger partial charge in [0.1, 0.15) is 10.6 Å². The first-order valence-electron chi connectivity index (χ1n) is 5.39. The number of carbonyl (C=O) groups is 1. The lowest BCUT2D eigenvalue weighted by atomic mass is 10.4. The maximum Gasteiger partial charge on any atom is 0.316 e. The minimum atomic E-state index is -0.275. The second kappa shape index (κ2) is 5.53. The lowest BCUT2D eigenvalue weighted by Gasteiger charge is -2.07. The van der Waals surface area contributed by atoms with Crippen LogP contribution >= 0.6 is 23.1 Å². The van der Waals surface area contributed by atoms with Crippen LogP contribution in [0, 0.1) is 0 Å². The number of fused-ring (bicyclic) bond motifs is 1. The molecule has 0 spiro atoms. The summed E-state index contributed by atoms with van der Waals surface area (Å²) in [7, 11) is 0. The molecule has 0 atom stereocenters. The van der Waals surface area contributed by atoms with E-state index in [0.29, 0.717) is 11.0 Å². The van der Waals surface area contributed by atoms with Gasteiger partial charge in [0.2, 0.25) is 0 Å². The van der Waals surface area contributed by atoms with Crippen molar-refractivity contribution >= 4 is 45.1 Å². The van der Waals surface area contributed by atoms with Crippen molar-refractivity contribution in [3.05, 3.63) is 11.4 Å². The Kier molecular flexibility index (Phi) is 4.03. The van der Waals surface area contributed by atoms with E-state index in [-0.39, 0.29) is 17.8 Å². The van der Waals surface area contributed by atoms with E-state index in [1.807, 2.05) is 25.3 Å². The van der Waals surface area contributed by atoms with Crippen LogP contribution < -0.4 is 5.73 Å². The Morgan fingerprint density at radius 1 is 1.56 bits per heavy atom. The highest BCUT2D eigenvalue weighted by Crippen LogP contribution is 2.26. The van der Waals surface area contributed by atoms with Gasteiger partial charge in [-0.05, 0) is 25.3 Å². The van der Waals surface area contributed by atoms with Crippen LogP contribution in [-0.4, -0.2) is 27.8 Å². The highest BCUT2D eigenvalue weighted by molar-refractivity contribution is 7.99. The number of nitrogens with zero attached hydrogens (tertiary/aromatic N) is 2. The normalized spacial score (nSPS) is 11.1. The monoisotopic (exact) mass is 283 g/mol. The van der Waals surface area contributed by atoms with E-state index < -0.39 is 0 Å². The lowest BCUT2D eigenvalue weighted by molar-refractivity contribution is -0.144. The second-order valence-electron chi connectivity index (χ2n) is 3.86. The summed E-state index contributed by atoms with van der Waals surface area (Å²) in [5.41, 5.74) is 5.81. The first-order valence-corrected chi connectivity index (χ1v) is 7.26. The molecule has 18 heavy (non-hydrogen) atoms. The molecule has 0 aliphatic carbocycles. The standard InChI is InChI=1S/C11H13N3O2S2/c1-6(2)16-8(15)5-18-11-13-9(12)7-3-4-17-10(7)14-11/h3-4,6H,5H2,1-2H3,(H2,12,13,14). The van der Waals surface area contributed by atoms with E-state index in [1.54, 1.807) is 0 Å². The third kappa shape index (κ3) is 3.11. The number of ether oxygens (including phenoxy) is 1. The summed E-state index contributed by atoms with van der Waals surface area (Å²) in [4.78, 5) is 20.7. The number of anilines is 1. The number of hydrogen-bond donors (Lipinski definition) is 1. The summed E-state index contributed by atoms with van der Waals surface area (Å²) < 4.78 is 5.03. The molecule has 0 saturated heterocycles. The molecule has 5 nitrogen and oxygen atoms in total. The van der Waals surface area contributed by atoms with Crippen molar-refractivity contribution in [2.45, 2.75) is 25.1 Å². The zero-order valence-electron chi connectivity index (χ0n) is 10.0. The van der Waals surface area contributed by atoms with Crippen LogP contribution in [0.1, 0.15) is 13.8 Å². The van der Waals surface area contributed by atoms with Crippen molar-refractivity contribution in [3.63, 3.8) is 0 Å². The van der Waals surface area contributed by atoms with Crippen molar-refractivity contribution in [2.75, 3.05) is 11.5 Å². The first kappa shape index (κ1) is 13.1. The highest BCUT2D eigenvalue weighted by Gasteiger charge is 2.10. The van der Waals surface area contributed by atoms with Crippen molar-refractivity contribution < 1.29 is 9.53 Å². The maximum atomic E-state index is 11.4. The summed E-state index contributed by atoms with van der Waals surface area (Å²) in [5.74, 6) is 0.360. The number of nitrogens with two attached hydrogens (primary N) is 1. The summed E-state index contributed by atoms with van der Waals surface area (Å²) in [6.45, 7) is 3.63. The number of carbonyl (C=O) groups excluding carboxylic acids is 1. The van der Waals surface area contributed by atoms with Crippen LogP contribution in [0.2, 0.25) is 0 Å². The highest BCUT2D eigenvalue weighted by atomic mass is 32.2. The molecule has 0 saturated carbocycles. The van der Waals surface area contributed by atoms with Crippen LogP contribution in [-0.2, 0) is 9.53 Å². The zero-order chi connectivity index (χ0) is 13.1. The Hall–Kier alpha value is -1.34. The summed E-state index contributed by atoms with van der Waals surface area (Å²) in [5, 5.41) is 3.27. The average Bonchev–Trinajstić information content (AvgIpc) is 2.74. The minimum Gasteiger partial charge on any atom is -0.462 e. The first-order chi connectivity index (χ1) is 8.56. The molecule has 2 rings (SSSR count). The molecule has 0 aliphatic rings. The van der Waals surface area contributed by atoms with Crippen LogP contribution in [0.25, 0.3) is 10.2 Å². The van der Waals surface area contributed by atoms with Gasteiger partial charge in [0, 0.05) is 0 Å². The van der Waals surface area contributed by atoms with E-state index in [2.05, 4.69) is 9.97 Å². The van der Waals surface area contributed by atoms with Crippen LogP contribution in [0.3, 0.4) is 0 Å². The van der Waals surface area contributed by atoms with E-state index in [1.165, 1.54) is 23.1 Å². The van der Waals surface area contributed by atoms with Gasteiger partial charge in [-0.15, -0.1) is 11.3 Å². The van der Waals surface area contributed by atoms with Gasteiger partial charge in [0.05, 0.1) is 17.2 Å². The third-order valence-corrected chi connectivity index (χ3v) is 3.65. The Morgan fingerprint density at radius 2 is 2.33 bits per heavy atom. The van der Waals surface area contributed by atoms with Crippen LogP contribution in [0.4, 0.5) is 5.82 Å². The zero-order valence-corrected chi connectivity index (χ0v) is 11.7. The fourth-order valence-corrected chi connectivity index (χ4v) is 2.81. The maximum absolute atomic E-state index is 11.4. The van der Waals surface area contributed by atoms with E-state index in [4.69, 9.17) is 10.5 Å². The molecule has 7 heteroatoms. The Balaban J connectivity index is 2.05. The molecular formula is C11H13N3O2S2. The molecular weight excluding hydrogens is 270 g/mol. The van der Waals surface area contributed by atoms with Crippen molar-refractivity contribution in [3.8, 4) is 0 Å². The van der Waals surface area contributed by atoms with Crippen LogP contribution in [0.5, 0.6) is 0 Å². The topological polar surface area (TPSA) is 78.1 Å². The van der Waals surface area contributed by atoms with Gasteiger partial charge in [-0.2, -0.15) is 0 Å². The van der Waals surface area contributed by atoms with E-state index in [9.17, 15) is 4.79 Å². The SMILES string of the molecule is CC(C)OC(=O)CSc1nc(N)c2ccsc2n1. The number of esters is 1. The van der Waals surface area contributed by atoms with E-state index in [0.717, 1.165) is 10.2 Å². The molecule has 96 valence electrons. The third-order valence-electron chi connectivity index (χ3n) is 2.02. The number of rotatable bonds is 4. The van der Waals surface area contributed by atoms with Crippen molar-refractivity contribution in [1.82, 2.24) is 9.97 Å². The fourth-order valence-electron chi connectivity index (χ4n) is 1.34. The molecule has 2 aromatic heterocycles. The van der Waals surface area contributed by atoms with Crippen molar-refractivity contribution in [2.24, 2.45) is 0 Å². The van der Waals surface area contributed by atoms with E-state index >= 15 is 0 Å². The van der Waals surface area contributed by atoms with Gasteiger partial charge in [-0.3, -0.25) is 4.79 Å². The largest absolute Gasteiger partial charge is 0.462 e. The average molecular weight is 283 g/mol. The Bertz CT molecular complexity index is 568. The summed E-state index contributed by atoms with van der Waals surface area (Å²) in [6.07, 6.45) is -0.108. The number of thioether (sulfide) groups is 1. The smallest absolute Gasteiger partial charge is 0.316 e. The quantitative estimate of drug-likeness (QED) is 0.527. The van der Waals surface area contributed by atoms with Gasteiger partial charge in [0.15, 0.2) is 5.16 Å². The lowest BCUT2D eigenvalue weighted by Crippen LogP contribution is -2.13. The number of thiophene rings is 1. The summed E-state index contributed by atoms with van der Waals surface area (Å²) in [6, 6.07) is 1.89. The molecule has 2 heterocycles. The Labute approximate surface area is 113 Å². The molecule has 2 N–H and O–H groups in total. The fraction of sp³-hybridized carbons (Fsp3) is 0.364. The van der Waals surface area contributed by atoms with Crippen molar-refractivity contribution in [1.29, 1.82) is 0 Å². The van der Waals surface area contributed by atoms with Gasteiger partial charge < -0.3 is 10.5 Å². The van der Waals surface area contributed by atoms with Crippen LogP contribution in [0.15, 0.2) is 16.6 Å². The number of hydrogen-bond acceptors (Lipinski definition) is 7. The summed E-state index contributed by atoms with van der Waals surface area (Å²) >= 11 is 2.73. The van der Waals surface area contributed by atoms with Gasteiger partial charge in [-0.25, -0.2) is 9.97 Å². The predicted molar refractivity (Wildman–Crippen MR) is 73.8 cm³/mol. The Morgan fingerprint density at radius 3 is 3.06 bits per heavy atom. The molecule has 0 unspecified atom stereocenters. The predicted octanol–water partition coefficient (Wildman–Crippen LogP) is 2.32. The molecule has 0 fully saturated rings. The van der Waals surface area contributed by atoms with Gasteiger partial charge in [-0.1, -0.05) is 11.8 Å². The van der Waals surface area contributed by atoms with Gasteiger partial charge in [0.25, 0.3) is 0 Å². The van der Waals surface area contributed by atoms with Gasteiger partial charge >= 0.3 is 5.97 Å².